The lowest BCUT2D eigenvalue weighted by Crippen LogP contribution is -2.38. The van der Waals surface area contributed by atoms with Crippen LogP contribution in [0.15, 0.2) is 47.1 Å². The Bertz CT molecular complexity index is 758. The van der Waals surface area contributed by atoms with E-state index in [4.69, 9.17) is 4.42 Å². The number of carbonyl (C=O) groups is 1. The zero-order valence-corrected chi connectivity index (χ0v) is 12.2. The summed E-state index contributed by atoms with van der Waals surface area (Å²) < 4.78 is 5.27. The average Bonchev–Trinajstić information content (AvgIpc) is 3.23. The van der Waals surface area contributed by atoms with Gasteiger partial charge in [0, 0.05) is 6.54 Å². The van der Waals surface area contributed by atoms with Crippen molar-refractivity contribution in [2.24, 2.45) is 0 Å². The lowest BCUT2D eigenvalue weighted by Gasteiger charge is -2.33. The third kappa shape index (κ3) is 2.19. The van der Waals surface area contributed by atoms with Gasteiger partial charge < -0.3 is 14.3 Å². The van der Waals surface area contributed by atoms with E-state index in [2.05, 4.69) is 9.97 Å². The molecule has 1 aliphatic rings. The van der Waals surface area contributed by atoms with Crippen molar-refractivity contribution in [2.45, 2.75) is 25.3 Å². The van der Waals surface area contributed by atoms with Crippen LogP contribution in [-0.2, 0) is 0 Å². The predicted molar refractivity (Wildman–Crippen MR) is 82.4 cm³/mol. The minimum atomic E-state index is -0.0600. The molecule has 3 aromatic rings. The van der Waals surface area contributed by atoms with Crippen molar-refractivity contribution in [3.05, 3.63) is 54.2 Å². The largest absolute Gasteiger partial charge is 0.459 e. The predicted octanol–water partition coefficient (Wildman–Crippen LogP) is 3.52. The SMILES string of the molecule is O=C(c1ccco1)N1CCCC[C@H]1c1nc2ccccc2[nH]1. The summed E-state index contributed by atoms with van der Waals surface area (Å²) in [6.07, 6.45) is 4.58. The smallest absolute Gasteiger partial charge is 0.290 e. The van der Waals surface area contributed by atoms with Gasteiger partial charge in [-0.25, -0.2) is 4.98 Å². The van der Waals surface area contributed by atoms with Gasteiger partial charge in [0.1, 0.15) is 5.82 Å². The molecule has 0 saturated carbocycles. The van der Waals surface area contributed by atoms with Crippen molar-refractivity contribution in [2.75, 3.05) is 6.54 Å². The first-order chi connectivity index (χ1) is 10.8. The monoisotopic (exact) mass is 295 g/mol. The number of hydrogen-bond acceptors (Lipinski definition) is 3. The molecule has 22 heavy (non-hydrogen) atoms. The first kappa shape index (κ1) is 13.1. The highest BCUT2D eigenvalue weighted by Gasteiger charge is 2.31. The molecule has 1 amide bonds. The molecule has 112 valence electrons. The number of imidazole rings is 1. The summed E-state index contributed by atoms with van der Waals surface area (Å²) in [5, 5.41) is 0. The topological polar surface area (TPSA) is 62.1 Å². The molecule has 5 nitrogen and oxygen atoms in total. The number of benzene rings is 1. The fourth-order valence-electron chi connectivity index (χ4n) is 3.13. The van der Waals surface area contributed by atoms with Crippen molar-refractivity contribution in [1.29, 1.82) is 0 Å². The van der Waals surface area contributed by atoms with E-state index in [1.807, 2.05) is 29.2 Å². The van der Waals surface area contributed by atoms with E-state index in [9.17, 15) is 4.79 Å². The number of furan rings is 1. The van der Waals surface area contributed by atoms with E-state index >= 15 is 0 Å². The fraction of sp³-hybridized carbons (Fsp3) is 0.294. The summed E-state index contributed by atoms with van der Waals surface area (Å²) in [6.45, 7) is 0.737. The summed E-state index contributed by atoms with van der Waals surface area (Å²) in [6, 6.07) is 11.4. The second kappa shape index (κ2) is 5.33. The third-order valence-corrected chi connectivity index (χ3v) is 4.22. The molecule has 5 heteroatoms. The fourth-order valence-corrected chi connectivity index (χ4v) is 3.13. The van der Waals surface area contributed by atoms with E-state index in [0.717, 1.165) is 42.7 Å². The zero-order chi connectivity index (χ0) is 14.9. The summed E-state index contributed by atoms with van der Waals surface area (Å²) in [5.74, 6) is 1.19. The quantitative estimate of drug-likeness (QED) is 0.786. The zero-order valence-electron chi connectivity index (χ0n) is 12.2. The van der Waals surface area contributed by atoms with E-state index in [0.29, 0.717) is 5.76 Å². The molecule has 2 aromatic heterocycles. The van der Waals surface area contributed by atoms with E-state index in [1.165, 1.54) is 6.26 Å². The van der Waals surface area contributed by atoms with Gasteiger partial charge in [0.15, 0.2) is 5.76 Å². The van der Waals surface area contributed by atoms with Gasteiger partial charge in [-0.05, 0) is 43.5 Å². The first-order valence-electron chi connectivity index (χ1n) is 7.62. The average molecular weight is 295 g/mol. The number of rotatable bonds is 2. The number of hydrogen-bond donors (Lipinski definition) is 1. The van der Waals surface area contributed by atoms with Crippen LogP contribution in [0.2, 0.25) is 0 Å². The van der Waals surface area contributed by atoms with Crippen molar-refractivity contribution in [3.8, 4) is 0 Å². The number of likely N-dealkylation sites (tertiary alicyclic amines) is 1. The molecule has 4 rings (SSSR count). The Morgan fingerprint density at radius 1 is 1.23 bits per heavy atom. The van der Waals surface area contributed by atoms with Crippen LogP contribution in [0.3, 0.4) is 0 Å². The highest BCUT2D eigenvalue weighted by molar-refractivity contribution is 5.91. The Kier molecular flexibility index (Phi) is 3.18. The minimum Gasteiger partial charge on any atom is -0.459 e. The highest BCUT2D eigenvalue weighted by atomic mass is 16.3. The Labute approximate surface area is 127 Å². The Balaban J connectivity index is 1.69. The Hall–Kier alpha value is -2.56. The van der Waals surface area contributed by atoms with Gasteiger partial charge in [0.2, 0.25) is 0 Å². The molecule has 1 atom stereocenters. The number of para-hydroxylation sites is 2. The molecular weight excluding hydrogens is 278 g/mol. The summed E-state index contributed by atoms with van der Waals surface area (Å²) >= 11 is 0. The molecule has 0 spiro atoms. The molecule has 3 heterocycles. The van der Waals surface area contributed by atoms with Crippen LogP contribution >= 0.6 is 0 Å². The van der Waals surface area contributed by atoms with Crippen molar-refractivity contribution in [1.82, 2.24) is 14.9 Å². The summed E-state index contributed by atoms with van der Waals surface area (Å²) in [5.41, 5.74) is 1.95. The maximum absolute atomic E-state index is 12.7. The third-order valence-electron chi connectivity index (χ3n) is 4.22. The highest BCUT2D eigenvalue weighted by Crippen LogP contribution is 2.31. The molecule has 0 radical (unpaired) electrons. The van der Waals surface area contributed by atoms with Gasteiger partial charge in [-0.3, -0.25) is 4.79 Å². The van der Waals surface area contributed by atoms with Crippen molar-refractivity contribution >= 4 is 16.9 Å². The maximum atomic E-state index is 12.7. The summed E-state index contributed by atoms with van der Waals surface area (Å²) in [7, 11) is 0. The number of piperidine rings is 1. The van der Waals surface area contributed by atoms with Crippen LogP contribution in [0.5, 0.6) is 0 Å². The van der Waals surface area contributed by atoms with Crippen molar-refractivity contribution in [3.63, 3.8) is 0 Å². The minimum absolute atomic E-state index is 0.0150. The number of aromatic amines is 1. The Morgan fingerprint density at radius 2 is 2.14 bits per heavy atom. The van der Waals surface area contributed by atoms with Gasteiger partial charge in [-0.1, -0.05) is 12.1 Å². The Morgan fingerprint density at radius 3 is 2.95 bits per heavy atom. The lowest BCUT2D eigenvalue weighted by atomic mass is 10.0. The van der Waals surface area contributed by atoms with Gasteiger partial charge >= 0.3 is 0 Å². The number of H-pyrrole nitrogens is 1. The molecule has 1 saturated heterocycles. The van der Waals surface area contributed by atoms with Gasteiger partial charge in [-0.2, -0.15) is 0 Å². The molecule has 0 aliphatic carbocycles. The van der Waals surface area contributed by atoms with E-state index in [-0.39, 0.29) is 11.9 Å². The maximum Gasteiger partial charge on any atom is 0.290 e. The number of aromatic nitrogens is 2. The molecule has 0 bridgehead atoms. The molecule has 1 aromatic carbocycles. The normalized spacial score (nSPS) is 18.7. The van der Waals surface area contributed by atoms with Crippen LogP contribution in [0.4, 0.5) is 0 Å². The number of nitrogens with one attached hydrogen (secondary N) is 1. The van der Waals surface area contributed by atoms with Crippen LogP contribution in [0.25, 0.3) is 11.0 Å². The van der Waals surface area contributed by atoms with Gasteiger partial charge in [0.25, 0.3) is 5.91 Å². The molecule has 0 unspecified atom stereocenters. The molecule has 1 fully saturated rings. The van der Waals surface area contributed by atoms with Gasteiger partial charge in [-0.15, -0.1) is 0 Å². The number of nitrogens with zero attached hydrogens (tertiary/aromatic N) is 2. The molecule has 1 aliphatic heterocycles. The number of fused-ring (bicyclic) bond motifs is 1. The molecule has 1 N–H and O–H groups in total. The summed E-state index contributed by atoms with van der Waals surface area (Å²) in [4.78, 5) is 22.6. The van der Waals surface area contributed by atoms with Crippen LogP contribution in [0.1, 0.15) is 41.7 Å². The molecular formula is C17H17N3O2. The second-order valence-electron chi connectivity index (χ2n) is 5.63. The second-order valence-corrected chi connectivity index (χ2v) is 5.63. The van der Waals surface area contributed by atoms with Crippen LogP contribution in [0, 0.1) is 0 Å². The lowest BCUT2D eigenvalue weighted by molar-refractivity contribution is 0.0569. The van der Waals surface area contributed by atoms with E-state index in [1.54, 1.807) is 12.1 Å². The standard InChI is InChI=1S/C17H17N3O2/c21-17(15-9-5-11-22-15)20-10-4-3-8-14(20)16-18-12-6-1-2-7-13(12)19-16/h1-2,5-7,9,11,14H,3-4,8,10H2,(H,18,19)/t14-/m0/s1. The first-order valence-corrected chi connectivity index (χ1v) is 7.62. The van der Waals surface area contributed by atoms with E-state index < -0.39 is 0 Å². The number of carbonyl (C=O) groups excluding carboxylic acids is 1. The van der Waals surface area contributed by atoms with Crippen LogP contribution in [-0.4, -0.2) is 27.3 Å². The van der Waals surface area contributed by atoms with Crippen LogP contribution < -0.4 is 0 Å². The van der Waals surface area contributed by atoms with Crippen molar-refractivity contribution < 1.29 is 9.21 Å². The number of amides is 1. The van der Waals surface area contributed by atoms with Gasteiger partial charge in [0.05, 0.1) is 23.3 Å².